The third kappa shape index (κ3) is 3.81. The highest BCUT2D eigenvalue weighted by atomic mass is 35.5. The lowest BCUT2D eigenvalue weighted by Crippen LogP contribution is -2.14. The molecule has 3 rings (SSSR count). The van der Waals surface area contributed by atoms with E-state index in [9.17, 15) is 9.59 Å². The summed E-state index contributed by atoms with van der Waals surface area (Å²) in [6.45, 7) is 3.98. The van der Waals surface area contributed by atoms with Crippen molar-refractivity contribution in [1.82, 2.24) is 4.98 Å². The van der Waals surface area contributed by atoms with Gasteiger partial charge in [-0.25, -0.2) is 0 Å². The number of ketones is 1. The number of nitrogens with one attached hydrogen (secondary N) is 2. The molecule has 0 spiro atoms. The van der Waals surface area contributed by atoms with Gasteiger partial charge in [0.05, 0.1) is 5.69 Å². The normalized spacial score (nSPS) is 10.9. The average Bonchev–Trinajstić information content (AvgIpc) is 2.96. The molecule has 0 saturated carbocycles. The minimum Gasteiger partial charge on any atom is -0.350 e. The summed E-state index contributed by atoms with van der Waals surface area (Å²) in [5.41, 5.74) is 3.19. The summed E-state index contributed by atoms with van der Waals surface area (Å²) in [4.78, 5) is 28.5. The van der Waals surface area contributed by atoms with Crippen LogP contribution in [0.4, 0.5) is 5.69 Å². The summed E-state index contributed by atoms with van der Waals surface area (Å²) >= 11 is 6.08. The Labute approximate surface area is 157 Å². The number of H-pyrrole nitrogens is 1. The summed E-state index contributed by atoms with van der Waals surface area (Å²) < 4.78 is 0. The van der Waals surface area contributed by atoms with Gasteiger partial charge in [-0.1, -0.05) is 48.7 Å². The first-order valence-corrected chi connectivity index (χ1v) is 9.10. The van der Waals surface area contributed by atoms with Gasteiger partial charge in [0.2, 0.25) is 11.7 Å². The minimum absolute atomic E-state index is 0.0963. The van der Waals surface area contributed by atoms with Crippen LogP contribution in [0.5, 0.6) is 0 Å². The Kier molecular flexibility index (Phi) is 5.43. The molecule has 1 aromatic heterocycles. The summed E-state index contributed by atoms with van der Waals surface area (Å²) in [5.74, 6) is -0.257. The van der Waals surface area contributed by atoms with Crippen LogP contribution in [0, 0.1) is 6.92 Å². The largest absolute Gasteiger partial charge is 0.350 e. The molecule has 5 heteroatoms. The molecule has 3 aromatic rings. The standard InChI is InChI=1S/C21H21ClN2O2/c1-3-4-8-18(25)24-19-16-10-9-15(22)12-17(16)23-20(19)21(26)14-7-5-6-13(2)11-14/h5-7,9-12,23H,3-4,8H2,1-2H3,(H,24,25). The van der Waals surface area contributed by atoms with E-state index in [4.69, 9.17) is 11.6 Å². The molecule has 0 aliphatic heterocycles. The molecule has 134 valence electrons. The molecular weight excluding hydrogens is 348 g/mol. The number of aromatic amines is 1. The third-order valence-electron chi connectivity index (χ3n) is 4.29. The Morgan fingerprint density at radius 1 is 1.15 bits per heavy atom. The Balaban J connectivity index is 2.06. The number of rotatable bonds is 6. The summed E-state index contributed by atoms with van der Waals surface area (Å²) in [6, 6.07) is 12.7. The van der Waals surface area contributed by atoms with Gasteiger partial charge in [-0.15, -0.1) is 0 Å². The highest BCUT2D eigenvalue weighted by Crippen LogP contribution is 2.31. The second-order valence-corrected chi connectivity index (χ2v) is 6.85. The molecule has 0 fully saturated rings. The highest BCUT2D eigenvalue weighted by Gasteiger charge is 2.21. The van der Waals surface area contributed by atoms with Crippen molar-refractivity contribution in [2.45, 2.75) is 33.1 Å². The van der Waals surface area contributed by atoms with Crippen molar-refractivity contribution in [2.24, 2.45) is 0 Å². The maximum atomic E-state index is 13.1. The number of anilines is 1. The van der Waals surface area contributed by atoms with Crippen molar-refractivity contribution < 1.29 is 9.59 Å². The number of hydrogen-bond acceptors (Lipinski definition) is 2. The van der Waals surface area contributed by atoms with E-state index in [1.54, 1.807) is 18.2 Å². The van der Waals surface area contributed by atoms with E-state index in [0.717, 1.165) is 29.3 Å². The fourth-order valence-corrected chi connectivity index (χ4v) is 3.11. The molecule has 2 aromatic carbocycles. The van der Waals surface area contributed by atoms with Crippen LogP contribution in [0.3, 0.4) is 0 Å². The number of unbranched alkanes of at least 4 members (excludes halogenated alkanes) is 1. The van der Waals surface area contributed by atoms with E-state index >= 15 is 0 Å². The molecular formula is C21H21ClN2O2. The lowest BCUT2D eigenvalue weighted by Gasteiger charge is -2.07. The number of amides is 1. The number of fused-ring (bicyclic) bond motifs is 1. The second kappa shape index (κ2) is 7.75. The van der Waals surface area contributed by atoms with Crippen molar-refractivity contribution in [2.75, 3.05) is 5.32 Å². The fraction of sp³-hybridized carbons (Fsp3) is 0.238. The van der Waals surface area contributed by atoms with Crippen molar-refractivity contribution in [3.8, 4) is 0 Å². The predicted octanol–water partition coefficient (Wildman–Crippen LogP) is 5.49. The molecule has 0 radical (unpaired) electrons. The minimum atomic E-state index is -0.160. The number of carbonyl (C=O) groups excluding carboxylic acids is 2. The average molecular weight is 369 g/mol. The Hall–Kier alpha value is -2.59. The smallest absolute Gasteiger partial charge is 0.224 e. The molecule has 0 unspecified atom stereocenters. The Morgan fingerprint density at radius 2 is 1.96 bits per heavy atom. The zero-order valence-corrected chi connectivity index (χ0v) is 15.6. The van der Waals surface area contributed by atoms with Gasteiger partial charge in [-0.05, 0) is 37.6 Å². The fourth-order valence-electron chi connectivity index (χ4n) is 2.94. The zero-order chi connectivity index (χ0) is 18.7. The topological polar surface area (TPSA) is 62.0 Å². The number of benzene rings is 2. The maximum Gasteiger partial charge on any atom is 0.224 e. The SMILES string of the molecule is CCCCC(=O)Nc1c(C(=O)c2cccc(C)c2)[nH]c2cc(Cl)ccc12. The summed E-state index contributed by atoms with van der Waals surface area (Å²) in [7, 11) is 0. The van der Waals surface area contributed by atoms with E-state index in [0.29, 0.717) is 28.4 Å². The van der Waals surface area contributed by atoms with E-state index in [1.165, 1.54) is 0 Å². The van der Waals surface area contributed by atoms with Crippen LogP contribution in [-0.2, 0) is 4.79 Å². The Bertz CT molecular complexity index is 975. The molecule has 1 heterocycles. The molecule has 2 N–H and O–H groups in total. The first kappa shape index (κ1) is 18.2. The van der Waals surface area contributed by atoms with Gasteiger partial charge in [0.25, 0.3) is 0 Å². The summed E-state index contributed by atoms with van der Waals surface area (Å²) in [5, 5.41) is 4.26. The van der Waals surface area contributed by atoms with E-state index in [-0.39, 0.29) is 11.7 Å². The molecule has 0 aliphatic carbocycles. The van der Waals surface area contributed by atoms with E-state index < -0.39 is 0 Å². The van der Waals surface area contributed by atoms with Crippen LogP contribution < -0.4 is 5.32 Å². The van der Waals surface area contributed by atoms with Gasteiger partial charge >= 0.3 is 0 Å². The lowest BCUT2D eigenvalue weighted by molar-refractivity contribution is -0.116. The molecule has 26 heavy (non-hydrogen) atoms. The number of halogens is 1. The first-order chi connectivity index (χ1) is 12.5. The van der Waals surface area contributed by atoms with Crippen molar-refractivity contribution in [1.29, 1.82) is 0 Å². The van der Waals surface area contributed by atoms with Gasteiger partial charge in [0, 0.05) is 27.9 Å². The van der Waals surface area contributed by atoms with Crippen LogP contribution in [-0.4, -0.2) is 16.7 Å². The molecule has 0 aliphatic rings. The van der Waals surface area contributed by atoms with Gasteiger partial charge in [-0.3, -0.25) is 9.59 Å². The quantitative estimate of drug-likeness (QED) is 0.565. The number of carbonyl (C=O) groups is 2. The molecule has 0 atom stereocenters. The van der Waals surface area contributed by atoms with Gasteiger partial charge < -0.3 is 10.3 Å². The maximum absolute atomic E-state index is 13.1. The summed E-state index contributed by atoms with van der Waals surface area (Å²) in [6.07, 6.45) is 2.17. The van der Waals surface area contributed by atoms with Crippen LogP contribution >= 0.6 is 11.6 Å². The Morgan fingerprint density at radius 3 is 2.69 bits per heavy atom. The van der Waals surface area contributed by atoms with Crippen molar-refractivity contribution in [3.63, 3.8) is 0 Å². The van der Waals surface area contributed by atoms with Crippen LogP contribution in [0.1, 0.15) is 47.8 Å². The molecule has 4 nitrogen and oxygen atoms in total. The van der Waals surface area contributed by atoms with Crippen LogP contribution in [0.25, 0.3) is 10.9 Å². The van der Waals surface area contributed by atoms with Gasteiger partial charge in [0.15, 0.2) is 0 Å². The third-order valence-corrected chi connectivity index (χ3v) is 4.52. The monoisotopic (exact) mass is 368 g/mol. The first-order valence-electron chi connectivity index (χ1n) is 8.72. The molecule has 0 bridgehead atoms. The highest BCUT2D eigenvalue weighted by molar-refractivity contribution is 6.31. The second-order valence-electron chi connectivity index (χ2n) is 6.42. The number of hydrogen-bond donors (Lipinski definition) is 2. The molecule has 1 amide bonds. The van der Waals surface area contributed by atoms with Gasteiger partial charge in [-0.2, -0.15) is 0 Å². The van der Waals surface area contributed by atoms with Crippen molar-refractivity contribution in [3.05, 3.63) is 64.3 Å². The van der Waals surface area contributed by atoms with Crippen LogP contribution in [0.2, 0.25) is 5.02 Å². The zero-order valence-electron chi connectivity index (χ0n) is 14.9. The lowest BCUT2D eigenvalue weighted by atomic mass is 10.0. The van der Waals surface area contributed by atoms with E-state index in [2.05, 4.69) is 10.3 Å². The van der Waals surface area contributed by atoms with Crippen LogP contribution in [0.15, 0.2) is 42.5 Å². The van der Waals surface area contributed by atoms with E-state index in [1.807, 2.05) is 38.1 Å². The van der Waals surface area contributed by atoms with Crippen molar-refractivity contribution >= 4 is 39.9 Å². The number of aryl methyl sites for hydroxylation is 1. The van der Waals surface area contributed by atoms with Gasteiger partial charge in [0.1, 0.15) is 5.69 Å². The predicted molar refractivity (Wildman–Crippen MR) is 106 cm³/mol. The molecule has 0 saturated heterocycles. The number of aromatic nitrogens is 1.